The molecule has 0 radical (unpaired) electrons. The zero-order valence-electron chi connectivity index (χ0n) is 13.2. The molecule has 2 aliphatic heterocycles. The Labute approximate surface area is 135 Å². The molecule has 1 amide bonds. The lowest BCUT2D eigenvalue weighted by molar-refractivity contribution is -0.128. The molecule has 0 unspecified atom stereocenters. The number of ether oxygens (including phenoxy) is 1. The van der Waals surface area contributed by atoms with Crippen LogP contribution >= 0.6 is 0 Å². The Hall–Kier alpha value is -1.89. The van der Waals surface area contributed by atoms with Gasteiger partial charge in [-0.05, 0) is 31.7 Å². The van der Waals surface area contributed by atoms with Gasteiger partial charge in [-0.1, -0.05) is 0 Å². The van der Waals surface area contributed by atoms with Crippen LogP contribution in [-0.4, -0.2) is 58.7 Å². The summed E-state index contributed by atoms with van der Waals surface area (Å²) in [6, 6.07) is 2.77. The molecule has 3 aliphatic rings. The maximum absolute atomic E-state index is 12.0. The number of anilines is 2. The first-order valence-corrected chi connectivity index (χ1v) is 8.51. The molecule has 1 aliphatic carbocycles. The Balaban J connectivity index is 1.35. The fourth-order valence-electron chi connectivity index (χ4n) is 3.32. The van der Waals surface area contributed by atoms with Crippen molar-refractivity contribution in [1.29, 1.82) is 0 Å². The van der Waals surface area contributed by atoms with Gasteiger partial charge in [-0.3, -0.25) is 4.79 Å². The molecular formula is C16H23N5O2. The minimum absolute atomic E-state index is 0.108. The van der Waals surface area contributed by atoms with Crippen LogP contribution in [0.1, 0.15) is 32.1 Å². The van der Waals surface area contributed by atoms with Gasteiger partial charge in [0.25, 0.3) is 0 Å². The van der Waals surface area contributed by atoms with Gasteiger partial charge in [0.2, 0.25) is 11.9 Å². The van der Waals surface area contributed by atoms with Crippen LogP contribution < -0.4 is 10.6 Å². The molecule has 0 bridgehead atoms. The Kier molecular flexibility index (Phi) is 4.03. The molecule has 1 aromatic heterocycles. The smallest absolute Gasteiger partial charge is 0.225 e. The average molecular weight is 317 g/mol. The molecule has 2 N–H and O–H groups in total. The number of aromatic nitrogens is 2. The number of amides is 1. The number of hydrogen-bond donors (Lipinski definition) is 2. The summed E-state index contributed by atoms with van der Waals surface area (Å²) in [5.41, 5.74) is 0. The molecule has 23 heavy (non-hydrogen) atoms. The van der Waals surface area contributed by atoms with Crippen LogP contribution in [0.2, 0.25) is 0 Å². The molecule has 7 nitrogen and oxygen atoms in total. The number of nitrogens with one attached hydrogen (secondary N) is 2. The van der Waals surface area contributed by atoms with Crippen molar-refractivity contribution in [2.45, 2.75) is 50.2 Å². The Morgan fingerprint density at radius 1 is 1.22 bits per heavy atom. The largest absolute Gasteiger partial charge is 0.379 e. The maximum atomic E-state index is 12.0. The molecule has 1 aromatic rings. The molecule has 0 aromatic carbocycles. The molecule has 2 atom stereocenters. The number of carbonyl (C=O) groups excluding carboxylic acids is 1. The SMILES string of the molecule is O=C1C[C@@H](Nc2nccc(N[C@@H]3CCCOC3)n2)CN1C1CC1. The standard InChI is InChI=1S/C16H23N5O2/c22-15-8-12(9-21(15)13-3-4-13)19-16-17-6-5-14(20-16)18-11-2-1-7-23-10-11/h5-6,11-13H,1-4,7-10H2,(H2,17,18,19,20)/t11-,12-/m1/s1. The summed E-state index contributed by atoms with van der Waals surface area (Å²) in [6.07, 6.45) is 6.76. The van der Waals surface area contributed by atoms with E-state index in [2.05, 4.69) is 20.6 Å². The highest BCUT2D eigenvalue weighted by Crippen LogP contribution is 2.31. The second-order valence-electron chi connectivity index (χ2n) is 6.65. The molecule has 0 spiro atoms. The third-order valence-electron chi connectivity index (χ3n) is 4.65. The number of hydrogen-bond acceptors (Lipinski definition) is 6. The van der Waals surface area contributed by atoms with Crippen molar-refractivity contribution >= 4 is 17.7 Å². The predicted molar refractivity (Wildman–Crippen MR) is 86.3 cm³/mol. The lowest BCUT2D eigenvalue weighted by Gasteiger charge is -2.23. The summed E-state index contributed by atoms with van der Waals surface area (Å²) < 4.78 is 5.48. The van der Waals surface area contributed by atoms with Crippen LogP contribution in [0.15, 0.2) is 12.3 Å². The number of carbonyl (C=O) groups is 1. The molecule has 3 heterocycles. The van der Waals surface area contributed by atoms with E-state index in [0.717, 1.165) is 51.3 Å². The van der Waals surface area contributed by atoms with Crippen molar-refractivity contribution < 1.29 is 9.53 Å². The molecule has 1 saturated carbocycles. The van der Waals surface area contributed by atoms with Gasteiger partial charge >= 0.3 is 0 Å². The van der Waals surface area contributed by atoms with E-state index in [0.29, 0.717) is 24.5 Å². The van der Waals surface area contributed by atoms with Crippen LogP contribution in [-0.2, 0) is 9.53 Å². The van der Waals surface area contributed by atoms with Gasteiger partial charge in [-0.2, -0.15) is 4.98 Å². The van der Waals surface area contributed by atoms with E-state index >= 15 is 0 Å². The summed E-state index contributed by atoms with van der Waals surface area (Å²) in [4.78, 5) is 22.8. The van der Waals surface area contributed by atoms with Crippen molar-refractivity contribution in [2.24, 2.45) is 0 Å². The number of rotatable bonds is 5. The first-order chi connectivity index (χ1) is 11.3. The van der Waals surface area contributed by atoms with Crippen LogP contribution in [0.25, 0.3) is 0 Å². The predicted octanol–water partition coefficient (Wildman–Crippen LogP) is 1.24. The highest BCUT2D eigenvalue weighted by Gasteiger charge is 2.39. The zero-order valence-corrected chi connectivity index (χ0v) is 13.2. The molecule has 4 rings (SSSR count). The minimum atomic E-state index is 0.108. The van der Waals surface area contributed by atoms with E-state index < -0.39 is 0 Å². The van der Waals surface area contributed by atoms with Crippen LogP contribution in [0.4, 0.5) is 11.8 Å². The van der Waals surface area contributed by atoms with Gasteiger partial charge in [0.05, 0.1) is 18.7 Å². The molecule has 7 heteroatoms. The second-order valence-corrected chi connectivity index (χ2v) is 6.65. The summed E-state index contributed by atoms with van der Waals surface area (Å²) in [5.74, 6) is 1.64. The molecule has 3 fully saturated rings. The normalized spacial score (nSPS) is 28.0. The van der Waals surface area contributed by atoms with E-state index in [1.54, 1.807) is 6.20 Å². The van der Waals surface area contributed by atoms with Gasteiger partial charge < -0.3 is 20.3 Å². The van der Waals surface area contributed by atoms with E-state index in [1.807, 2.05) is 11.0 Å². The van der Waals surface area contributed by atoms with Crippen molar-refractivity contribution in [2.75, 3.05) is 30.4 Å². The van der Waals surface area contributed by atoms with E-state index in [9.17, 15) is 4.79 Å². The zero-order chi connectivity index (χ0) is 15.6. The Bertz CT molecular complexity index is 571. The quantitative estimate of drug-likeness (QED) is 0.851. The van der Waals surface area contributed by atoms with Gasteiger partial charge in [0.1, 0.15) is 5.82 Å². The summed E-state index contributed by atoms with van der Waals surface area (Å²) in [6.45, 7) is 2.34. The van der Waals surface area contributed by atoms with E-state index in [1.165, 1.54) is 0 Å². The number of likely N-dealkylation sites (tertiary alicyclic amines) is 1. The fourth-order valence-corrected chi connectivity index (χ4v) is 3.32. The summed E-state index contributed by atoms with van der Waals surface area (Å²) in [5, 5.41) is 6.70. The van der Waals surface area contributed by atoms with Crippen LogP contribution in [0.5, 0.6) is 0 Å². The average Bonchev–Trinajstić information content (AvgIpc) is 3.33. The third-order valence-corrected chi connectivity index (χ3v) is 4.65. The molecular weight excluding hydrogens is 294 g/mol. The third kappa shape index (κ3) is 3.55. The lowest BCUT2D eigenvalue weighted by Crippen LogP contribution is -2.31. The first-order valence-electron chi connectivity index (χ1n) is 8.51. The first kappa shape index (κ1) is 14.7. The van der Waals surface area contributed by atoms with E-state index in [-0.39, 0.29) is 11.9 Å². The van der Waals surface area contributed by atoms with Gasteiger partial charge in [0, 0.05) is 31.8 Å². The molecule has 2 saturated heterocycles. The van der Waals surface area contributed by atoms with Gasteiger partial charge in [-0.15, -0.1) is 0 Å². The van der Waals surface area contributed by atoms with E-state index in [4.69, 9.17) is 4.74 Å². The maximum Gasteiger partial charge on any atom is 0.225 e. The fraction of sp³-hybridized carbons (Fsp3) is 0.688. The van der Waals surface area contributed by atoms with Gasteiger partial charge in [0.15, 0.2) is 0 Å². The Morgan fingerprint density at radius 2 is 2.13 bits per heavy atom. The topological polar surface area (TPSA) is 79.4 Å². The minimum Gasteiger partial charge on any atom is -0.379 e. The monoisotopic (exact) mass is 317 g/mol. The second kappa shape index (κ2) is 6.31. The highest BCUT2D eigenvalue weighted by atomic mass is 16.5. The lowest BCUT2D eigenvalue weighted by atomic mass is 10.1. The molecule has 124 valence electrons. The van der Waals surface area contributed by atoms with Crippen molar-refractivity contribution in [1.82, 2.24) is 14.9 Å². The summed E-state index contributed by atoms with van der Waals surface area (Å²) in [7, 11) is 0. The van der Waals surface area contributed by atoms with Crippen molar-refractivity contribution in [3.05, 3.63) is 12.3 Å². The summed E-state index contributed by atoms with van der Waals surface area (Å²) >= 11 is 0. The van der Waals surface area contributed by atoms with Crippen LogP contribution in [0.3, 0.4) is 0 Å². The number of nitrogens with zero attached hydrogens (tertiary/aromatic N) is 3. The highest BCUT2D eigenvalue weighted by molar-refractivity contribution is 5.80. The van der Waals surface area contributed by atoms with Crippen molar-refractivity contribution in [3.63, 3.8) is 0 Å². The van der Waals surface area contributed by atoms with Gasteiger partial charge in [-0.25, -0.2) is 4.98 Å². The van der Waals surface area contributed by atoms with Crippen LogP contribution in [0, 0.1) is 0 Å². The Morgan fingerprint density at radius 3 is 2.91 bits per heavy atom. The van der Waals surface area contributed by atoms with Crippen molar-refractivity contribution in [3.8, 4) is 0 Å².